The van der Waals surface area contributed by atoms with Crippen LogP contribution in [-0.2, 0) is 6.54 Å². The molecular formula is C19H19FN4S. The Balaban J connectivity index is 1.51. The minimum Gasteiger partial charge on any atom is -0.314 e. The molecule has 1 aliphatic rings. The van der Waals surface area contributed by atoms with E-state index in [-0.39, 0.29) is 5.82 Å². The van der Waals surface area contributed by atoms with Gasteiger partial charge in [0, 0.05) is 55.6 Å². The topological polar surface area (TPSA) is 41.1 Å². The summed E-state index contributed by atoms with van der Waals surface area (Å²) in [7, 11) is 0. The summed E-state index contributed by atoms with van der Waals surface area (Å²) in [5.74, 6) is -0.221. The molecule has 25 heavy (non-hydrogen) atoms. The first-order chi connectivity index (χ1) is 12.3. The molecule has 4 nitrogen and oxygen atoms in total. The third-order valence-electron chi connectivity index (χ3n) is 4.45. The fourth-order valence-corrected chi connectivity index (χ4v) is 3.98. The van der Waals surface area contributed by atoms with Crippen molar-refractivity contribution in [2.45, 2.75) is 12.6 Å². The molecule has 1 aliphatic heterocycles. The molecule has 1 N–H and O–H groups in total. The Kier molecular flexibility index (Phi) is 4.83. The number of aromatic nitrogens is 2. The monoisotopic (exact) mass is 354 g/mol. The minimum absolute atomic E-state index is 0.221. The molecule has 1 saturated heterocycles. The zero-order chi connectivity index (χ0) is 17.1. The molecule has 0 saturated carbocycles. The van der Waals surface area contributed by atoms with Gasteiger partial charge in [0.05, 0.1) is 5.69 Å². The quantitative estimate of drug-likeness (QED) is 0.779. The van der Waals surface area contributed by atoms with Gasteiger partial charge in [-0.05, 0) is 42.0 Å². The largest absolute Gasteiger partial charge is 0.314 e. The summed E-state index contributed by atoms with van der Waals surface area (Å²) >= 11 is 1.61. The number of nitrogens with one attached hydrogen (secondary N) is 1. The third kappa shape index (κ3) is 3.76. The van der Waals surface area contributed by atoms with Crippen LogP contribution in [0, 0.1) is 5.82 Å². The number of piperazine rings is 1. The predicted molar refractivity (Wildman–Crippen MR) is 97.8 cm³/mol. The van der Waals surface area contributed by atoms with Crippen LogP contribution in [0.1, 0.15) is 17.3 Å². The molecule has 1 fully saturated rings. The minimum atomic E-state index is -0.221. The van der Waals surface area contributed by atoms with Gasteiger partial charge in [0.2, 0.25) is 0 Å². The molecule has 3 heterocycles. The standard InChI is InChI=1S/C19H19FN4S/c20-16-3-1-15(2-4-16)19-23-17(13-25-19)12-24-10-9-22-11-18(24)14-5-7-21-8-6-14/h1-8,13,18,22H,9-12H2. The van der Waals surface area contributed by atoms with Gasteiger partial charge < -0.3 is 5.32 Å². The maximum atomic E-state index is 13.1. The summed E-state index contributed by atoms with van der Waals surface area (Å²) in [4.78, 5) is 11.3. The van der Waals surface area contributed by atoms with Crippen molar-refractivity contribution in [3.05, 3.63) is 71.2 Å². The van der Waals surface area contributed by atoms with E-state index in [4.69, 9.17) is 4.98 Å². The number of hydrogen-bond donors (Lipinski definition) is 1. The van der Waals surface area contributed by atoms with E-state index in [1.54, 1.807) is 23.5 Å². The summed E-state index contributed by atoms with van der Waals surface area (Å²) in [5.41, 5.74) is 3.30. The first kappa shape index (κ1) is 16.3. The molecule has 0 radical (unpaired) electrons. The summed E-state index contributed by atoms with van der Waals surface area (Å²) in [6.07, 6.45) is 3.69. The van der Waals surface area contributed by atoms with Crippen LogP contribution in [-0.4, -0.2) is 34.5 Å². The first-order valence-electron chi connectivity index (χ1n) is 8.34. The van der Waals surface area contributed by atoms with Gasteiger partial charge in [0.1, 0.15) is 10.8 Å². The van der Waals surface area contributed by atoms with Crippen molar-refractivity contribution in [3.8, 4) is 10.6 Å². The number of pyridine rings is 1. The van der Waals surface area contributed by atoms with Crippen molar-refractivity contribution in [1.82, 2.24) is 20.2 Å². The number of hydrogen-bond acceptors (Lipinski definition) is 5. The van der Waals surface area contributed by atoms with Crippen molar-refractivity contribution in [3.63, 3.8) is 0 Å². The highest BCUT2D eigenvalue weighted by atomic mass is 32.1. The molecule has 6 heteroatoms. The lowest BCUT2D eigenvalue weighted by Crippen LogP contribution is -2.45. The Bertz CT molecular complexity index is 819. The summed E-state index contributed by atoms with van der Waals surface area (Å²) in [6, 6.07) is 11.0. The second-order valence-corrected chi connectivity index (χ2v) is 6.98. The van der Waals surface area contributed by atoms with Crippen LogP contribution in [0.5, 0.6) is 0 Å². The number of benzene rings is 1. The van der Waals surface area contributed by atoms with Crippen LogP contribution in [0.2, 0.25) is 0 Å². The highest BCUT2D eigenvalue weighted by Crippen LogP contribution is 2.27. The Morgan fingerprint density at radius 3 is 2.76 bits per heavy atom. The van der Waals surface area contributed by atoms with E-state index in [2.05, 4.69) is 32.7 Å². The lowest BCUT2D eigenvalue weighted by atomic mass is 10.0. The lowest BCUT2D eigenvalue weighted by molar-refractivity contribution is 0.152. The predicted octanol–water partition coefficient (Wildman–Crippen LogP) is 3.49. The zero-order valence-corrected chi connectivity index (χ0v) is 14.5. The van der Waals surface area contributed by atoms with Gasteiger partial charge in [-0.25, -0.2) is 9.37 Å². The van der Waals surface area contributed by atoms with Gasteiger partial charge >= 0.3 is 0 Å². The third-order valence-corrected chi connectivity index (χ3v) is 5.39. The molecule has 0 bridgehead atoms. The second-order valence-electron chi connectivity index (χ2n) is 6.12. The van der Waals surface area contributed by atoms with Gasteiger partial charge in [-0.1, -0.05) is 0 Å². The Morgan fingerprint density at radius 1 is 1.16 bits per heavy atom. The molecule has 1 aromatic carbocycles. The molecular weight excluding hydrogens is 335 g/mol. The number of thiazole rings is 1. The molecule has 1 unspecified atom stereocenters. The maximum Gasteiger partial charge on any atom is 0.123 e. The highest BCUT2D eigenvalue weighted by molar-refractivity contribution is 7.13. The van der Waals surface area contributed by atoms with Gasteiger partial charge in [0.25, 0.3) is 0 Å². The van der Waals surface area contributed by atoms with Gasteiger partial charge in [-0.15, -0.1) is 11.3 Å². The van der Waals surface area contributed by atoms with Crippen LogP contribution >= 0.6 is 11.3 Å². The lowest BCUT2D eigenvalue weighted by Gasteiger charge is -2.36. The van der Waals surface area contributed by atoms with Crippen LogP contribution in [0.3, 0.4) is 0 Å². The molecule has 4 rings (SSSR count). The van der Waals surface area contributed by atoms with Crippen molar-refractivity contribution >= 4 is 11.3 Å². The van der Waals surface area contributed by atoms with E-state index >= 15 is 0 Å². The normalized spacial score (nSPS) is 18.4. The number of halogens is 1. The van der Waals surface area contributed by atoms with Crippen molar-refractivity contribution in [1.29, 1.82) is 0 Å². The van der Waals surface area contributed by atoms with E-state index in [0.29, 0.717) is 6.04 Å². The smallest absolute Gasteiger partial charge is 0.123 e. The average molecular weight is 354 g/mol. The summed E-state index contributed by atoms with van der Waals surface area (Å²) < 4.78 is 13.1. The zero-order valence-electron chi connectivity index (χ0n) is 13.7. The summed E-state index contributed by atoms with van der Waals surface area (Å²) in [5, 5.41) is 6.51. The van der Waals surface area contributed by atoms with Gasteiger partial charge in [0.15, 0.2) is 0 Å². The van der Waals surface area contributed by atoms with E-state index in [0.717, 1.165) is 42.4 Å². The fourth-order valence-electron chi connectivity index (χ4n) is 3.16. The van der Waals surface area contributed by atoms with Crippen molar-refractivity contribution < 1.29 is 4.39 Å². The molecule has 2 aromatic heterocycles. The second kappa shape index (κ2) is 7.39. The van der Waals surface area contributed by atoms with Gasteiger partial charge in [-0.2, -0.15) is 0 Å². The Morgan fingerprint density at radius 2 is 1.96 bits per heavy atom. The SMILES string of the molecule is Fc1ccc(-c2nc(CN3CCNCC3c3ccncc3)cs2)cc1. The van der Waals surface area contributed by atoms with E-state index < -0.39 is 0 Å². The number of rotatable bonds is 4. The fraction of sp³-hybridized carbons (Fsp3) is 0.263. The summed E-state index contributed by atoms with van der Waals surface area (Å²) in [6.45, 7) is 3.71. The average Bonchev–Trinajstić information content (AvgIpc) is 3.12. The Hall–Kier alpha value is -2.15. The first-order valence-corrected chi connectivity index (χ1v) is 9.22. The molecule has 0 amide bonds. The maximum absolute atomic E-state index is 13.1. The van der Waals surface area contributed by atoms with E-state index in [9.17, 15) is 4.39 Å². The van der Waals surface area contributed by atoms with Crippen LogP contribution in [0.4, 0.5) is 4.39 Å². The molecule has 3 aromatic rings. The molecule has 1 atom stereocenters. The Labute approximate surface area is 150 Å². The molecule has 128 valence electrons. The molecule has 0 spiro atoms. The molecule has 0 aliphatic carbocycles. The van der Waals surface area contributed by atoms with Crippen molar-refractivity contribution in [2.75, 3.05) is 19.6 Å². The van der Waals surface area contributed by atoms with Crippen LogP contribution in [0.25, 0.3) is 10.6 Å². The van der Waals surface area contributed by atoms with Crippen LogP contribution < -0.4 is 5.32 Å². The van der Waals surface area contributed by atoms with Crippen molar-refractivity contribution in [2.24, 2.45) is 0 Å². The van der Waals surface area contributed by atoms with Crippen LogP contribution in [0.15, 0.2) is 54.2 Å². The number of nitrogens with zero attached hydrogens (tertiary/aromatic N) is 3. The highest BCUT2D eigenvalue weighted by Gasteiger charge is 2.24. The van der Waals surface area contributed by atoms with E-state index in [1.165, 1.54) is 17.7 Å². The van der Waals surface area contributed by atoms with E-state index in [1.807, 2.05) is 12.4 Å². The van der Waals surface area contributed by atoms with Gasteiger partial charge in [-0.3, -0.25) is 9.88 Å².